The minimum atomic E-state index is -3.58. The SMILES string of the molecule is COC(=O)Cn1nc(-c2ccc(C)c(S(=O)(=O)N3CCCC3)c2)ccc1=O. The van der Waals surface area contributed by atoms with E-state index >= 15 is 0 Å². The van der Waals surface area contributed by atoms with Crippen LogP contribution in [0.3, 0.4) is 0 Å². The van der Waals surface area contributed by atoms with Crippen molar-refractivity contribution in [3.05, 3.63) is 46.2 Å². The molecule has 0 bridgehead atoms. The Labute approximate surface area is 157 Å². The molecule has 0 amide bonds. The summed E-state index contributed by atoms with van der Waals surface area (Å²) in [5.41, 5.74) is 1.16. The van der Waals surface area contributed by atoms with Crippen molar-refractivity contribution in [1.82, 2.24) is 14.1 Å². The molecule has 1 fully saturated rings. The monoisotopic (exact) mass is 391 g/mol. The van der Waals surface area contributed by atoms with E-state index in [1.165, 1.54) is 23.5 Å². The molecule has 1 saturated heterocycles. The molecule has 2 heterocycles. The Kier molecular flexibility index (Phi) is 5.43. The van der Waals surface area contributed by atoms with E-state index in [1.807, 2.05) is 0 Å². The quantitative estimate of drug-likeness (QED) is 0.710. The molecule has 1 aliphatic rings. The zero-order valence-corrected chi connectivity index (χ0v) is 16.0. The van der Waals surface area contributed by atoms with Gasteiger partial charge in [-0.3, -0.25) is 9.59 Å². The highest BCUT2D eigenvalue weighted by Crippen LogP contribution is 2.27. The van der Waals surface area contributed by atoms with Gasteiger partial charge in [0, 0.05) is 24.7 Å². The van der Waals surface area contributed by atoms with Crippen molar-refractivity contribution in [3.63, 3.8) is 0 Å². The zero-order chi connectivity index (χ0) is 19.6. The third-order valence-electron chi connectivity index (χ3n) is 4.54. The van der Waals surface area contributed by atoms with Crippen LogP contribution in [-0.4, -0.2) is 48.7 Å². The van der Waals surface area contributed by atoms with E-state index in [2.05, 4.69) is 9.84 Å². The first-order chi connectivity index (χ1) is 12.8. The van der Waals surface area contributed by atoms with Crippen LogP contribution in [0, 0.1) is 6.92 Å². The normalized spacial score (nSPS) is 15.0. The second kappa shape index (κ2) is 7.61. The number of hydrogen-bond donors (Lipinski definition) is 0. The van der Waals surface area contributed by atoms with E-state index in [1.54, 1.807) is 25.1 Å². The third-order valence-corrected chi connectivity index (χ3v) is 6.58. The number of ether oxygens (including phenoxy) is 1. The van der Waals surface area contributed by atoms with E-state index in [4.69, 9.17) is 0 Å². The van der Waals surface area contributed by atoms with Crippen LogP contribution in [0.15, 0.2) is 40.0 Å². The van der Waals surface area contributed by atoms with Gasteiger partial charge in [0.15, 0.2) is 0 Å². The number of esters is 1. The first-order valence-corrected chi connectivity index (χ1v) is 10.0. The summed E-state index contributed by atoms with van der Waals surface area (Å²) in [6, 6.07) is 7.83. The smallest absolute Gasteiger partial charge is 0.327 e. The maximum absolute atomic E-state index is 12.9. The standard InChI is InChI=1S/C18H21N3O5S/c1-13-5-6-14(11-16(13)27(24,25)20-9-3-4-10-20)15-7-8-17(22)21(19-15)12-18(23)26-2/h5-8,11H,3-4,9-10,12H2,1-2H3. The van der Waals surface area contributed by atoms with Crippen molar-refractivity contribution in [2.45, 2.75) is 31.2 Å². The van der Waals surface area contributed by atoms with E-state index < -0.39 is 21.6 Å². The van der Waals surface area contributed by atoms with Gasteiger partial charge < -0.3 is 4.74 Å². The molecule has 1 aromatic heterocycles. The van der Waals surface area contributed by atoms with E-state index in [9.17, 15) is 18.0 Å². The molecule has 2 aromatic rings. The van der Waals surface area contributed by atoms with Gasteiger partial charge in [0.2, 0.25) is 10.0 Å². The van der Waals surface area contributed by atoms with Gasteiger partial charge in [0.1, 0.15) is 6.54 Å². The lowest BCUT2D eigenvalue weighted by Gasteiger charge is -2.18. The molecule has 0 aliphatic carbocycles. The lowest BCUT2D eigenvalue weighted by Crippen LogP contribution is -2.28. The highest BCUT2D eigenvalue weighted by molar-refractivity contribution is 7.89. The van der Waals surface area contributed by atoms with Crippen LogP contribution in [0.5, 0.6) is 0 Å². The molecule has 1 aliphatic heterocycles. The van der Waals surface area contributed by atoms with Crippen LogP contribution in [0.2, 0.25) is 0 Å². The molecular formula is C18H21N3O5S. The second-order valence-electron chi connectivity index (χ2n) is 6.38. The molecule has 0 atom stereocenters. The Balaban J connectivity index is 2.02. The predicted molar refractivity (Wildman–Crippen MR) is 98.7 cm³/mol. The highest BCUT2D eigenvalue weighted by atomic mass is 32.2. The predicted octanol–water partition coefficient (Wildman–Crippen LogP) is 1.18. The fourth-order valence-corrected chi connectivity index (χ4v) is 4.78. The van der Waals surface area contributed by atoms with Gasteiger partial charge in [0.05, 0.1) is 17.7 Å². The zero-order valence-electron chi connectivity index (χ0n) is 15.2. The second-order valence-corrected chi connectivity index (χ2v) is 8.29. The van der Waals surface area contributed by atoms with Gasteiger partial charge in [-0.2, -0.15) is 9.40 Å². The van der Waals surface area contributed by atoms with Gasteiger partial charge in [-0.1, -0.05) is 12.1 Å². The summed E-state index contributed by atoms with van der Waals surface area (Å²) in [4.78, 5) is 23.6. The summed E-state index contributed by atoms with van der Waals surface area (Å²) in [5.74, 6) is -0.594. The van der Waals surface area contributed by atoms with Crippen molar-refractivity contribution < 1.29 is 17.9 Å². The largest absolute Gasteiger partial charge is 0.468 e. The summed E-state index contributed by atoms with van der Waals surface area (Å²) < 4.78 is 32.9. The molecule has 0 unspecified atom stereocenters. The molecule has 0 spiro atoms. The third kappa shape index (κ3) is 3.93. The van der Waals surface area contributed by atoms with Gasteiger partial charge >= 0.3 is 5.97 Å². The summed E-state index contributed by atoms with van der Waals surface area (Å²) in [7, 11) is -2.35. The van der Waals surface area contributed by atoms with Gasteiger partial charge in [-0.05, 0) is 37.5 Å². The first kappa shape index (κ1) is 19.2. The summed E-state index contributed by atoms with van der Waals surface area (Å²) >= 11 is 0. The van der Waals surface area contributed by atoms with Gasteiger partial charge in [-0.25, -0.2) is 13.1 Å². The van der Waals surface area contributed by atoms with E-state index in [-0.39, 0.29) is 11.4 Å². The van der Waals surface area contributed by atoms with Crippen molar-refractivity contribution >= 4 is 16.0 Å². The average Bonchev–Trinajstić information content (AvgIpc) is 3.19. The minimum absolute atomic E-state index is 0.231. The van der Waals surface area contributed by atoms with E-state index in [0.717, 1.165) is 17.5 Å². The maximum atomic E-state index is 12.9. The Hall–Kier alpha value is -2.52. The van der Waals surface area contributed by atoms with Crippen LogP contribution >= 0.6 is 0 Å². The lowest BCUT2D eigenvalue weighted by atomic mass is 10.1. The maximum Gasteiger partial charge on any atom is 0.327 e. The summed E-state index contributed by atoms with van der Waals surface area (Å²) in [5, 5.41) is 4.18. The van der Waals surface area contributed by atoms with Crippen LogP contribution in [0.1, 0.15) is 18.4 Å². The molecule has 8 nitrogen and oxygen atoms in total. The number of carbonyl (C=O) groups excluding carboxylic acids is 1. The molecule has 0 radical (unpaired) electrons. The molecule has 144 valence electrons. The van der Waals surface area contributed by atoms with Crippen molar-refractivity contribution in [2.24, 2.45) is 0 Å². The van der Waals surface area contributed by atoms with Crippen LogP contribution in [-0.2, 0) is 26.1 Å². The van der Waals surface area contributed by atoms with Gasteiger partial charge in [0.25, 0.3) is 5.56 Å². The number of aromatic nitrogens is 2. The minimum Gasteiger partial charge on any atom is -0.468 e. The molecule has 27 heavy (non-hydrogen) atoms. The Bertz CT molecular complexity index is 1020. The fourth-order valence-electron chi connectivity index (χ4n) is 3.01. The molecular weight excluding hydrogens is 370 g/mol. The summed E-state index contributed by atoms with van der Waals surface area (Å²) in [6.07, 6.45) is 1.72. The number of rotatable bonds is 5. The lowest BCUT2D eigenvalue weighted by molar-refractivity contribution is -0.141. The number of aryl methyl sites for hydroxylation is 1. The molecule has 3 rings (SSSR count). The Morgan fingerprint density at radius 3 is 2.56 bits per heavy atom. The topological polar surface area (TPSA) is 98.6 Å². The number of hydrogen-bond acceptors (Lipinski definition) is 6. The van der Waals surface area contributed by atoms with Crippen LogP contribution in [0.4, 0.5) is 0 Å². The molecule has 9 heteroatoms. The van der Waals surface area contributed by atoms with Crippen molar-refractivity contribution in [2.75, 3.05) is 20.2 Å². The molecule has 0 saturated carbocycles. The first-order valence-electron chi connectivity index (χ1n) is 8.59. The highest BCUT2D eigenvalue weighted by Gasteiger charge is 2.28. The van der Waals surface area contributed by atoms with Crippen LogP contribution < -0.4 is 5.56 Å². The molecule has 0 N–H and O–H groups in total. The number of benzene rings is 1. The number of carbonyl (C=O) groups is 1. The van der Waals surface area contributed by atoms with Crippen molar-refractivity contribution in [1.29, 1.82) is 0 Å². The van der Waals surface area contributed by atoms with Crippen LogP contribution in [0.25, 0.3) is 11.3 Å². The number of sulfonamides is 1. The average molecular weight is 391 g/mol. The number of nitrogens with zero attached hydrogens (tertiary/aromatic N) is 3. The molecule has 1 aromatic carbocycles. The van der Waals surface area contributed by atoms with Gasteiger partial charge in [-0.15, -0.1) is 0 Å². The Morgan fingerprint density at radius 1 is 1.19 bits per heavy atom. The van der Waals surface area contributed by atoms with Crippen molar-refractivity contribution in [3.8, 4) is 11.3 Å². The Morgan fingerprint density at radius 2 is 1.89 bits per heavy atom. The van der Waals surface area contributed by atoms with E-state index in [0.29, 0.717) is 29.9 Å². The number of methoxy groups -OCH3 is 1. The fraction of sp³-hybridized carbons (Fsp3) is 0.389. The summed E-state index contributed by atoms with van der Waals surface area (Å²) in [6.45, 7) is 2.48.